The molecule has 1 fully saturated rings. The Morgan fingerprint density at radius 3 is 2.43 bits per heavy atom. The SMILES string of the molecule is Cc1nncn1CCN1CCN(CC(O)CN(C)C)CC1. The van der Waals surface area contributed by atoms with Crippen molar-refractivity contribution in [1.29, 1.82) is 0 Å². The maximum atomic E-state index is 9.98. The van der Waals surface area contributed by atoms with Crippen molar-refractivity contribution in [2.75, 3.05) is 59.9 Å². The van der Waals surface area contributed by atoms with Crippen LogP contribution in [0.4, 0.5) is 0 Å². The quantitative estimate of drug-likeness (QED) is 0.706. The van der Waals surface area contributed by atoms with Crippen LogP contribution in [0, 0.1) is 6.92 Å². The van der Waals surface area contributed by atoms with Crippen LogP contribution >= 0.6 is 0 Å². The molecule has 1 unspecified atom stereocenters. The monoisotopic (exact) mass is 296 g/mol. The number of aliphatic hydroxyl groups is 1. The third-order valence-electron chi connectivity index (χ3n) is 3.98. The molecule has 1 saturated heterocycles. The van der Waals surface area contributed by atoms with Gasteiger partial charge in [-0.25, -0.2) is 0 Å². The van der Waals surface area contributed by atoms with Crippen molar-refractivity contribution in [3.05, 3.63) is 12.2 Å². The third kappa shape index (κ3) is 5.35. The summed E-state index contributed by atoms with van der Waals surface area (Å²) in [5.74, 6) is 0.973. The van der Waals surface area contributed by atoms with Gasteiger partial charge in [-0.3, -0.25) is 9.80 Å². The Morgan fingerprint density at radius 2 is 1.86 bits per heavy atom. The molecular formula is C14H28N6O. The number of piperazine rings is 1. The molecule has 0 bridgehead atoms. The Bertz CT molecular complexity index is 413. The van der Waals surface area contributed by atoms with Crippen molar-refractivity contribution < 1.29 is 5.11 Å². The molecule has 0 amide bonds. The summed E-state index contributed by atoms with van der Waals surface area (Å²) >= 11 is 0. The molecule has 21 heavy (non-hydrogen) atoms. The predicted molar refractivity (Wildman–Crippen MR) is 82.2 cm³/mol. The van der Waals surface area contributed by atoms with Gasteiger partial charge in [-0.15, -0.1) is 10.2 Å². The first-order valence-corrected chi connectivity index (χ1v) is 7.66. The smallest absolute Gasteiger partial charge is 0.129 e. The van der Waals surface area contributed by atoms with E-state index in [1.54, 1.807) is 6.33 Å². The maximum absolute atomic E-state index is 9.98. The van der Waals surface area contributed by atoms with Gasteiger partial charge in [0.2, 0.25) is 0 Å². The normalized spacial score (nSPS) is 19.3. The highest BCUT2D eigenvalue weighted by molar-refractivity contribution is 4.81. The fourth-order valence-corrected chi connectivity index (χ4v) is 2.75. The van der Waals surface area contributed by atoms with Crippen molar-refractivity contribution in [1.82, 2.24) is 29.5 Å². The lowest BCUT2D eigenvalue weighted by Crippen LogP contribution is -2.50. The lowest BCUT2D eigenvalue weighted by molar-refractivity contribution is 0.0586. The van der Waals surface area contributed by atoms with E-state index in [-0.39, 0.29) is 6.10 Å². The molecule has 1 aliphatic rings. The van der Waals surface area contributed by atoms with Gasteiger partial charge in [-0.05, 0) is 21.0 Å². The molecule has 0 radical (unpaired) electrons. The number of likely N-dealkylation sites (N-methyl/N-ethyl adjacent to an activating group) is 1. The summed E-state index contributed by atoms with van der Waals surface area (Å²) in [5.41, 5.74) is 0. The zero-order valence-electron chi connectivity index (χ0n) is 13.4. The van der Waals surface area contributed by atoms with Crippen LogP contribution in [0.2, 0.25) is 0 Å². The molecule has 7 heteroatoms. The molecule has 7 nitrogen and oxygen atoms in total. The molecule has 1 aromatic heterocycles. The summed E-state index contributed by atoms with van der Waals surface area (Å²) in [4.78, 5) is 6.85. The van der Waals surface area contributed by atoms with E-state index in [2.05, 4.69) is 24.6 Å². The summed E-state index contributed by atoms with van der Waals surface area (Å²) < 4.78 is 2.09. The second-order valence-corrected chi connectivity index (χ2v) is 6.13. The number of aliphatic hydroxyl groups excluding tert-OH is 1. The largest absolute Gasteiger partial charge is 0.390 e. The van der Waals surface area contributed by atoms with E-state index in [0.717, 1.165) is 58.2 Å². The Hall–Kier alpha value is -1.02. The van der Waals surface area contributed by atoms with Gasteiger partial charge in [-0.2, -0.15) is 0 Å². The van der Waals surface area contributed by atoms with Crippen molar-refractivity contribution in [3.63, 3.8) is 0 Å². The second kappa shape index (κ2) is 7.84. The third-order valence-corrected chi connectivity index (χ3v) is 3.98. The number of hydrogen-bond donors (Lipinski definition) is 1. The van der Waals surface area contributed by atoms with E-state index in [1.807, 2.05) is 25.9 Å². The highest BCUT2D eigenvalue weighted by Crippen LogP contribution is 2.04. The van der Waals surface area contributed by atoms with Gasteiger partial charge in [0.1, 0.15) is 12.2 Å². The van der Waals surface area contributed by atoms with E-state index in [0.29, 0.717) is 0 Å². The Kier molecular flexibility index (Phi) is 6.10. The lowest BCUT2D eigenvalue weighted by Gasteiger charge is -2.36. The van der Waals surface area contributed by atoms with Gasteiger partial charge >= 0.3 is 0 Å². The van der Waals surface area contributed by atoms with E-state index < -0.39 is 0 Å². The minimum atomic E-state index is -0.258. The number of nitrogens with zero attached hydrogens (tertiary/aromatic N) is 6. The molecule has 1 aromatic rings. The number of aryl methyl sites for hydroxylation is 1. The fraction of sp³-hybridized carbons (Fsp3) is 0.857. The van der Waals surface area contributed by atoms with E-state index in [4.69, 9.17) is 0 Å². The molecule has 2 rings (SSSR count). The lowest BCUT2D eigenvalue weighted by atomic mass is 10.2. The molecule has 0 aromatic carbocycles. The van der Waals surface area contributed by atoms with Crippen LogP contribution in [-0.2, 0) is 6.54 Å². The van der Waals surface area contributed by atoms with Gasteiger partial charge < -0.3 is 14.6 Å². The first kappa shape index (κ1) is 16.4. The van der Waals surface area contributed by atoms with Gasteiger partial charge in [0, 0.05) is 52.4 Å². The van der Waals surface area contributed by atoms with E-state index in [9.17, 15) is 5.11 Å². The van der Waals surface area contributed by atoms with Gasteiger partial charge in [0.15, 0.2) is 0 Å². The Morgan fingerprint density at radius 1 is 1.19 bits per heavy atom. The summed E-state index contributed by atoms with van der Waals surface area (Å²) in [5, 5.41) is 17.9. The molecule has 0 saturated carbocycles. The zero-order valence-corrected chi connectivity index (χ0v) is 13.4. The molecule has 1 N–H and O–H groups in total. The second-order valence-electron chi connectivity index (χ2n) is 6.13. The average Bonchev–Trinajstić information content (AvgIpc) is 2.82. The first-order chi connectivity index (χ1) is 10.0. The van der Waals surface area contributed by atoms with Crippen molar-refractivity contribution in [2.24, 2.45) is 0 Å². The molecule has 0 aliphatic carbocycles. The number of rotatable bonds is 7. The summed E-state index contributed by atoms with van der Waals surface area (Å²) in [6.07, 6.45) is 1.54. The van der Waals surface area contributed by atoms with Gasteiger partial charge in [0.05, 0.1) is 6.10 Å². The number of aromatic nitrogens is 3. The van der Waals surface area contributed by atoms with Crippen molar-refractivity contribution >= 4 is 0 Å². The van der Waals surface area contributed by atoms with E-state index in [1.165, 1.54) is 0 Å². The van der Waals surface area contributed by atoms with Crippen LogP contribution in [0.5, 0.6) is 0 Å². The standard InChI is InChI=1S/C14H28N6O/c1-13-16-15-12-20(13)9-8-18-4-6-19(7-5-18)11-14(21)10-17(2)3/h12,14,21H,4-11H2,1-3H3. The molecule has 0 spiro atoms. The Balaban J connectivity index is 1.65. The maximum Gasteiger partial charge on any atom is 0.129 e. The van der Waals surface area contributed by atoms with Gasteiger partial charge in [0.25, 0.3) is 0 Å². The van der Waals surface area contributed by atoms with Crippen LogP contribution in [0.3, 0.4) is 0 Å². The van der Waals surface area contributed by atoms with Crippen molar-refractivity contribution in [3.8, 4) is 0 Å². The summed E-state index contributed by atoms with van der Waals surface area (Å²) in [6, 6.07) is 0. The fourth-order valence-electron chi connectivity index (χ4n) is 2.75. The van der Waals surface area contributed by atoms with Gasteiger partial charge in [-0.1, -0.05) is 0 Å². The topological polar surface area (TPSA) is 60.7 Å². The first-order valence-electron chi connectivity index (χ1n) is 7.66. The van der Waals surface area contributed by atoms with Crippen LogP contribution in [-0.4, -0.2) is 101 Å². The minimum Gasteiger partial charge on any atom is -0.390 e. The van der Waals surface area contributed by atoms with E-state index >= 15 is 0 Å². The molecule has 120 valence electrons. The summed E-state index contributed by atoms with van der Waals surface area (Å²) in [7, 11) is 3.99. The average molecular weight is 296 g/mol. The minimum absolute atomic E-state index is 0.258. The highest BCUT2D eigenvalue weighted by atomic mass is 16.3. The van der Waals surface area contributed by atoms with Crippen LogP contribution < -0.4 is 0 Å². The highest BCUT2D eigenvalue weighted by Gasteiger charge is 2.19. The zero-order chi connectivity index (χ0) is 15.2. The van der Waals surface area contributed by atoms with Crippen molar-refractivity contribution in [2.45, 2.75) is 19.6 Å². The van der Waals surface area contributed by atoms with Crippen LogP contribution in [0.25, 0.3) is 0 Å². The number of β-amino-alcohol motifs (C(OH)–C–C–N with tert-alkyl or cyclic N) is 1. The summed E-state index contributed by atoms with van der Waals surface area (Å²) in [6.45, 7) is 9.67. The molecular weight excluding hydrogens is 268 g/mol. The molecule has 1 atom stereocenters. The molecule has 1 aliphatic heterocycles. The van der Waals surface area contributed by atoms with Crippen LogP contribution in [0.1, 0.15) is 5.82 Å². The van der Waals surface area contributed by atoms with Crippen LogP contribution in [0.15, 0.2) is 6.33 Å². The predicted octanol–water partition coefficient (Wildman–Crippen LogP) is -0.873. The number of hydrogen-bond acceptors (Lipinski definition) is 6. The molecule has 2 heterocycles. The Labute approximate surface area is 127 Å².